The van der Waals surface area contributed by atoms with Crippen LogP contribution >= 0.6 is 0 Å². The van der Waals surface area contributed by atoms with Crippen LogP contribution in [0.2, 0.25) is 0 Å². The summed E-state index contributed by atoms with van der Waals surface area (Å²) in [5.41, 5.74) is 4.87. The summed E-state index contributed by atoms with van der Waals surface area (Å²) < 4.78 is 11.1. The summed E-state index contributed by atoms with van der Waals surface area (Å²) in [4.78, 5) is 23.1. The molecule has 3 aromatic heterocycles. The highest BCUT2D eigenvalue weighted by Gasteiger charge is 2.20. The number of carbonyl (C=O) groups excluding carboxylic acids is 1. The van der Waals surface area contributed by atoms with E-state index in [1.807, 2.05) is 32.9 Å². The topological polar surface area (TPSA) is 68.5 Å². The number of carbonyl (C=O) groups is 1. The first kappa shape index (κ1) is 17.0. The Balaban J connectivity index is 1.85. The van der Waals surface area contributed by atoms with Gasteiger partial charge in [-0.25, -0.2) is 4.98 Å². The molecule has 0 atom stereocenters. The van der Waals surface area contributed by atoms with Crippen LogP contribution in [0.1, 0.15) is 33.1 Å². The molecule has 130 valence electrons. The minimum Gasteiger partial charge on any atom is -0.496 e. The molecule has 0 unspecified atom stereocenters. The van der Waals surface area contributed by atoms with Crippen LogP contribution in [0.15, 0.2) is 28.8 Å². The fourth-order valence-corrected chi connectivity index (χ4v) is 2.85. The zero-order valence-corrected chi connectivity index (χ0v) is 15.1. The minimum absolute atomic E-state index is 0.212. The molecule has 6 heteroatoms. The lowest BCUT2D eigenvalue weighted by atomic mass is 10.1. The van der Waals surface area contributed by atoms with E-state index in [2.05, 4.69) is 9.97 Å². The number of amides is 1. The van der Waals surface area contributed by atoms with E-state index in [4.69, 9.17) is 9.15 Å². The molecule has 25 heavy (non-hydrogen) atoms. The van der Waals surface area contributed by atoms with E-state index >= 15 is 0 Å². The van der Waals surface area contributed by atoms with E-state index in [0.29, 0.717) is 17.6 Å². The highest BCUT2D eigenvalue weighted by atomic mass is 16.5. The minimum atomic E-state index is -0.212. The van der Waals surface area contributed by atoms with Crippen LogP contribution < -0.4 is 4.74 Å². The quantitative estimate of drug-likeness (QED) is 0.728. The first-order chi connectivity index (χ1) is 11.9. The number of hydrogen-bond acceptors (Lipinski definition) is 5. The predicted molar refractivity (Wildman–Crippen MR) is 94.8 cm³/mol. The van der Waals surface area contributed by atoms with Crippen molar-refractivity contribution in [1.29, 1.82) is 0 Å². The lowest BCUT2D eigenvalue weighted by Crippen LogP contribution is -2.26. The maximum atomic E-state index is 12.7. The van der Waals surface area contributed by atoms with Gasteiger partial charge in [-0.1, -0.05) is 0 Å². The van der Waals surface area contributed by atoms with E-state index < -0.39 is 0 Å². The van der Waals surface area contributed by atoms with Gasteiger partial charge < -0.3 is 14.1 Å². The Bertz CT molecular complexity index is 946. The van der Waals surface area contributed by atoms with E-state index in [-0.39, 0.29) is 11.7 Å². The molecule has 1 amide bonds. The summed E-state index contributed by atoms with van der Waals surface area (Å²) in [7, 11) is 3.36. The van der Waals surface area contributed by atoms with Gasteiger partial charge in [-0.05, 0) is 32.9 Å². The SMILES string of the molecule is COc1c(C)cnc(CN(C)C(=O)c2cc3nc(C)ccc3o2)c1C. The van der Waals surface area contributed by atoms with Crippen LogP contribution in [0, 0.1) is 20.8 Å². The van der Waals surface area contributed by atoms with Crippen molar-refractivity contribution >= 4 is 17.0 Å². The van der Waals surface area contributed by atoms with Crippen LogP contribution in [0.3, 0.4) is 0 Å². The smallest absolute Gasteiger partial charge is 0.289 e. The van der Waals surface area contributed by atoms with Crippen molar-refractivity contribution in [3.05, 3.63) is 52.7 Å². The maximum absolute atomic E-state index is 12.7. The first-order valence-electron chi connectivity index (χ1n) is 8.02. The van der Waals surface area contributed by atoms with Crippen molar-refractivity contribution in [3.63, 3.8) is 0 Å². The summed E-state index contributed by atoms with van der Waals surface area (Å²) in [5.74, 6) is 0.859. The number of nitrogens with zero attached hydrogens (tertiary/aromatic N) is 3. The Kier molecular flexibility index (Phi) is 4.44. The van der Waals surface area contributed by atoms with Crippen molar-refractivity contribution in [2.45, 2.75) is 27.3 Å². The fraction of sp³-hybridized carbons (Fsp3) is 0.316. The molecule has 6 nitrogen and oxygen atoms in total. The fourth-order valence-electron chi connectivity index (χ4n) is 2.85. The molecular weight excluding hydrogens is 318 g/mol. The first-order valence-corrected chi connectivity index (χ1v) is 8.02. The number of ether oxygens (including phenoxy) is 1. The molecule has 0 aliphatic heterocycles. The number of aromatic nitrogens is 2. The summed E-state index contributed by atoms with van der Waals surface area (Å²) in [6.45, 7) is 6.16. The van der Waals surface area contributed by atoms with E-state index in [9.17, 15) is 4.79 Å². The van der Waals surface area contributed by atoms with Crippen LogP contribution in [-0.2, 0) is 6.54 Å². The third-order valence-corrected chi connectivity index (χ3v) is 4.21. The van der Waals surface area contributed by atoms with Gasteiger partial charge in [0.25, 0.3) is 5.91 Å². The van der Waals surface area contributed by atoms with Gasteiger partial charge in [0.1, 0.15) is 11.3 Å². The average molecular weight is 339 g/mol. The van der Waals surface area contributed by atoms with Gasteiger partial charge in [-0.3, -0.25) is 9.78 Å². The van der Waals surface area contributed by atoms with E-state index in [0.717, 1.165) is 28.3 Å². The van der Waals surface area contributed by atoms with Crippen molar-refractivity contribution in [2.24, 2.45) is 0 Å². The number of methoxy groups -OCH3 is 1. The predicted octanol–water partition coefficient (Wildman–Crippen LogP) is 3.43. The number of furan rings is 1. The molecule has 0 fully saturated rings. The number of rotatable bonds is 4. The molecule has 0 aromatic carbocycles. The van der Waals surface area contributed by atoms with Crippen LogP contribution in [0.5, 0.6) is 5.75 Å². The van der Waals surface area contributed by atoms with Gasteiger partial charge in [0, 0.05) is 36.1 Å². The Hall–Kier alpha value is -2.89. The second-order valence-electron chi connectivity index (χ2n) is 6.15. The van der Waals surface area contributed by atoms with Crippen molar-refractivity contribution in [1.82, 2.24) is 14.9 Å². The van der Waals surface area contributed by atoms with Crippen LogP contribution in [0.25, 0.3) is 11.1 Å². The molecule has 0 saturated heterocycles. The number of pyridine rings is 2. The molecular formula is C19H21N3O3. The molecule has 0 spiro atoms. The molecule has 0 radical (unpaired) electrons. The summed E-state index contributed by atoms with van der Waals surface area (Å²) >= 11 is 0. The van der Waals surface area contributed by atoms with Crippen molar-refractivity contribution < 1.29 is 13.9 Å². The Morgan fingerprint density at radius 1 is 1.28 bits per heavy atom. The van der Waals surface area contributed by atoms with Crippen molar-refractivity contribution in [2.75, 3.05) is 14.2 Å². The molecule has 0 bridgehead atoms. The van der Waals surface area contributed by atoms with E-state index in [1.54, 1.807) is 31.3 Å². The summed E-state index contributed by atoms with van der Waals surface area (Å²) in [5, 5.41) is 0. The Labute approximate surface area is 146 Å². The second-order valence-corrected chi connectivity index (χ2v) is 6.15. The largest absolute Gasteiger partial charge is 0.496 e. The average Bonchev–Trinajstić information content (AvgIpc) is 3.00. The lowest BCUT2D eigenvalue weighted by molar-refractivity contribution is 0.0754. The van der Waals surface area contributed by atoms with Gasteiger partial charge in [-0.2, -0.15) is 0 Å². The van der Waals surface area contributed by atoms with Gasteiger partial charge in [0.05, 0.1) is 19.3 Å². The van der Waals surface area contributed by atoms with Gasteiger partial charge in [-0.15, -0.1) is 0 Å². The molecule has 3 aromatic rings. The third-order valence-electron chi connectivity index (χ3n) is 4.21. The number of aryl methyl sites for hydroxylation is 2. The molecule has 3 rings (SSSR count). The molecule has 0 saturated carbocycles. The maximum Gasteiger partial charge on any atom is 0.289 e. The van der Waals surface area contributed by atoms with Gasteiger partial charge in [0.15, 0.2) is 11.3 Å². The molecule has 0 N–H and O–H groups in total. The Morgan fingerprint density at radius 2 is 2.04 bits per heavy atom. The molecule has 0 aliphatic carbocycles. The highest BCUT2D eigenvalue weighted by Crippen LogP contribution is 2.25. The summed E-state index contributed by atoms with van der Waals surface area (Å²) in [6.07, 6.45) is 1.76. The van der Waals surface area contributed by atoms with E-state index in [1.165, 1.54) is 0 Å². The summed E-state index contributed by atoms with van der Waals surface area (Å²) in [6, 6.07) is 5.36. The standard InChI is InChI=1S/C19H21N3O3/c1-11-9-20-15(13(3)18(11)24-5)10-22(4)19(23)17-8-14-16(25-17)7-6-12(2)21-14/h6-9H,10H2,1-5H3. The van der Waals surface area contributed by atoms with Gasteiger partial charge >= 0.3 is 0 Å². The van der Waals surface area contributed by atoms with Crippen LogP contribution in [0.4, 0.5) is 0 Å². The van der Waals surface area contributed by atoms with Gasteiger partial charge in [0.2, 0.25) is 0 Å². The molecule has 0 aliphatic rings. The van der Waals surface area contributed by atoms with Crippen LogP contribution in [-0.4, -0.2) is 34.9 Å². The zero-order valence-electron chi connectivity index (χ0n) is 15.1. The Morgan fingerprint density at radius 3 is 2.76 bits per heavy atom. The normalized spacial score (nSPS) is 10.9. The highest BCUT2D eigenvalue weighted by molar-refractivity contribution is 5.95. The number of hydrogen-bond donors (Lipinski definition) is 0. The van der Waals surface area contributed by atoms with Crippen molar-refractivity contribution in [3.8, 4) is 5.75 Å². The monoisotopic (exact) mass is 339 g/mol. The molecule has 3 heterocycles. The second kappa shape index (κ2) is 6.55. The lowest BCUT2D eigenvalue weighted by Gasteiger charge is -2.18. The number of fused-ring (bicyclic) bond motifs is 1. The third kappa shape index (κ3) is 3.20. The zero-order chi connectivity index (χ0) is 18.1.